The molecule has 0 bridgehead atoms. The molecule has 0 aliphatic rings. The van der Waals surface area contributed by atoms with E-state index in [1.54, 1.807) is 12.1 Å². The van der Waals surface area contributed by atoms with E-state index in [1.165, 1.54) is 23.9 Å². The van der Waals surface area contributed by atoms with Gasteiger partial charge in [0.05, 0.1) is 12.2 Å². The first-order valence-electron chi connectivity index (χ1n) is 9.97. The summed E-state index contributed by atoms with van der Waals surface area (Å²) < 4.78 is 15.1. The average Bonchev–Trinajstić information content (AvgIpc) is 3.09. The number of hydrogen-bond donors (Lipinski definition) is 1. The number of halogens is 2. The third-order valence-electron chi connectivity index (χ3n) is 4.53. The van der Waals surface area contributed by atoms with Gasteiger partial charge in [-0.3, -0.25) is 9.36 Å². The number of nitrogens with zero attached hydrogens (tertiary/aromatic N) is 3. The molecule has 0 spiro atoms. The van der Waals surface area contributed by atoms with Crippen molar-refractivity contribution in [1.29, 1.82) is 0 Å². The standard InChI is InChI=1S/C23H26ClFN4OS/c1-15-5-8-17(24)11-19(15)29-20(13-26-21(30)12-23(2,3)4)27-28-22(29)31-14-16-6-9-18(25)10-7-16/h5-11H,12-14H2,1-4H3,(H,26,30). The fourth-order valence-corrected chi connectivity index (χ4v) is 4.11. The number of nitrogens with one attached hydrogen (secondary N) is 1. The predicted molar refractivity (Wildman–Crippen MR) is 123 cm³/mol. The minimum absolute atomic E-state index is 0.0367. The second kappa shape index (κ2) is 9.83. The molecule has 5 nitrogen and oxygen atoms in total. The number of hydrogen-bond acceptors (Lipinski definition) is 4. The summed E-state index contributed by atoms with van der Waals surface area (Å²) in [6, 6.07) is 12.0. The van der Waals surface area contributed by atoms with Gasteiger partial charge in [-0.2, -0.15) is 0 Å². The zero-order valence-corrected chi connectivity index (χ0v) is 19.6. The molecule has 3 aromatic rings. The van der Waals surface area contributed by atoms with Crippen LogP contribution in [0.5, 0.6) is 0 Å². The molecule has 1 N–H and O–H groups in total. The first kappa shape index (κ1) is 23.3. The van der Waals surface area contributed by atoms with Crippen molar-refractivity contribution in [3.8, 4) is 5.69 Å². The van der Waals surface area contributed by atoms with Gasteiger partial charge >= 0.3 is 0 Å². The zero-order valence-electron chi connectivity index (χ0n) is 18.1. The fourth-order valence-electron chi connectivity index (χ4n) is 3.02. The topological polar surface area (TPSA) is 59.8 Å². The maximum Gasteiger partial charge on any atom is 0.220 e. The smallest absolute Gasteiger partial charge is 0.220 e. The lowest BCUT2D eigenvalue weighted by Gasteiger charge is -2.18. The maximum absolute atomic E-state index is 13.2. The van der Waals surface area contributed by atoms with Gasteiger partial charge in [0, 0.05) is 17.2 Å². The molecule has 1 aromatic heterocycles. The van der Waals surface area contributed by atoms with Crippen LogP contribution in [-0.4, -0.2) is 20.7 Å². The van der Waals surface area contributed by atoms with E-state index in [9.17, 15) is 9.18 Å². The molecular formula is C23H26ClFN4OS. The minimum Gasteiger partial charge on any atom is -0.349 e. The SMILES string of the molecule is Cc1ccc(Cl)cc1-n1c(CNC(=O)CC(C)(C)C)nnc1SCc1ccc(F)cc1. The summed E-state index contributed by atoms with van der Waals surface area (Å²) >= 11 is 7.75. The fraction of sp³-hybridized carbons (Fsp3) is 0.348. The number of aryl methyl sites for hydroxylation is 1. The van der Waals surface area contributed by atoms with Gasteiger partial charge in [-0.05, 0) is 47.7 Å². The van der Waals surface area contributed by atoms with Gasteiger partial charge in [-0.1, -0.05) is 62.3 Å². The lowest BCUT2D eigenvalue weighted by molar-refractivity contribution is -0.123. The van der Waals surface area contributed by atoms with Crippen molar-refractivity contribution in [1.82, 2.24) is 20.1 Å². The van der Waals surface area contributed by atoms with Crippen molar-refractivity contribution in [2.75, 3.05) is 0 Å². The molecule has 31 heavy (non-hydrogen) atoms. The average molecular weight is 461 g/mol. The van der Waals surface area contributed by atoms with Crippen molar-refractivity contribution < 1.29 is 9.18 Å². The number of benzene rings is 2. The van der Waals surface area contributed by atoms with E-state index in [-0.39, 0.29) is 23.7 Å². The van der Waals surface area contributed by atoms with Crippen molar-refractivity contribution >= 4 is 29.3 Å². The second-order valence-electron chi connectivity index (χ2n) is 8.59. The minimum atomic E-state index is -0.264. The van der Waals surface area contributed by atoms with Crippen molar-refractivity contribution in [2.45, 2.75) is 51.6 Å². The highest BCUT2D eigenvalue weighted by molar-refractivity contribution is 7.98. The molecule has 8 heteroatoms. The molecule has 0 saturated carbocycles. The van der Waals surface area contributed by atoms with Gasteiger partial charge < -0.3 is 5.32 Å². The molecule has 0 saturated heterocycles. The normalized spacial score (nSPS) is 11.5. The van der Waals surface area contributed by atoms with E-state index >= 15 is 0 Å². The number of thioether (sulfide) groups is 1. The summed E-state index contributed by atoms with van der Waals surface area (Å²) in [5.74, 6) is 0.924. The summed E-state index contributed by atoms with van der Waals surface area (Å²) in [5, 5.41) is 12.9. The molecular weight excluding hydrogens is 435 g/mol. The van der Waals surface area contributed by atoms with Crippen LogP contribution in [0.1, 0.15) is 44.1 Å². The summed E-state index contributed by atoms with van der Waals surface area (Å²) in [6.45, 7) is 8.31. The van der Waals surface area contributed by atoms with Crippen LogP contribution in [0.15, 0.2) is 47.6 Å². The highest BCUT2D eigenvalue weighted by atomic mass is 35.5. The molecule has 0 fully saturated rings. The summed E-state index contributed by atoms with van der Waals surface area (Å²) in [6.07, 6.45) is 0.420. The summed E-state index contributed by atoms with van der Waals surface area (Å²) in [4.78, 5) is 12.3. The molecule has 0 aliphatic carbocycles. The Morgan fingerprint density at radius 2 is 1.87 bits per heavy atom. The van der Waals surface area contributed by atoms with Crippen molar-refractivity contribution in [3.63, 3.8) is 0 Å². The monoisotopic (exact) mass is 460 g/mol. The largest absolute Gasteiger partial charge is 0.349 e. The van der Waals surface area contributed by atoms with Crippen LogP contribution < -0.4 is 5.32 Å². The van der Waals surface area contributed by atoms with E-state index < -0.39 is 0 Å². The molecule has 1 amide bonds. The van der Waals surface area contributed by atoms with E-state index in [1.807, 2.05) is 50.5 Å². The molecule has 0 radical (unpaired) electrons. The predicted octanol–water partition coefficient (Wildman–Crippen LogP) is 5.71. The van der Waals surface area contributed by atoms with Crippen LogP contribution in [0.3, 0.4) is 0 Å². The van der Waals surface area contributed by atoms with E-state index in [4.69, 9.17) is 11.6 Å². The Hall–Kier alpha value is -2.38. The van der Waals surface area contributed by atoms with E-state index in [0.717, 1.165) is 16.8 Å². The Morgan fingerprint density at radius 1 is 1.16 bits per heavy atom. The number of amides is 1. The lowest BCUT2D eigenvalue weighted by Crippen LogP contribution is -2.28. The third-order valence-corrected chi connectivity index (χ3v) is 5.76. The maximum atomic E-state index is 13.2. The Labute approximate surface area is 191 Å². The molecule has 164 valence electrons. The lowest BCUT2D eigenvalue weighted by atomic mass is 9.92. The zero-order chi connectivity index (χ0) is 22.6. The van der Waals surface area contributed by atoms with Crippen LogP contribution in [0.4, 0.5) is 4.39 Å². The molecule has 0 aliphatic heterocycles. The van der Waals surface area contributed by atoms with E-state index in [2.05, 4.69) is 15.5 Å². The number of rotatable bonds is 7. The van der Waals surface area contributed by atoms with Gasteiger partial charge in [0.25, 0.3) is 0 Å². The quantitative estimate of drug-likeness (QED) is 0.458. The number of aromatic nitrogens is 3. The van der Waals surface area contributed by atoms with Crippen molar-refractivity contribution in [3.05, 3.63) is 70.3 Å². The van der Waals surface area contributed by atoms with Gasteiger partial charge in [-0.15, -0.1) is 10.2 Å². The number of carbonyl (C=O) groups excluding carboxylic acids is 1. The summed E-state index contributed by atoms with van der Waals surface area (Å²) in [5.41, 5.74) is 2.75. The van der Waals surface area contributed by atoms with Crippen LogP contribution in [0, 0.1) is 18.2 Å². The van der Waals surface area contributed by atoms with E-state index in [0.29, 0.717) is 28.2 Å². The Kier molecular flexibility index (Phi) is 7.38. The van der Waals surface area contributed by atoms with Gasteiger partial charge in [0.2, 0.25) is 5.91 Å². The van der Waals surface area contributed by atoms with Gasteiger partial charge in [-0.25, -0.2) is 4.39 Å². The first-order valence-corrected chi connectivity index (χ1v) is 11.3. The van der Waals surface area contributed by atoms with Crippen LogP contribution in [-0.2, 0) is 17.1 Å². The van der Waals surface area contributed by atoms with Crippen LogP contribution >= 0.6 is 23.4 Å². The van der Waals surface area contributed by atoms with Crippen LogP contribution in [0.2, 0.25) is 5.02 Å². The molecule has 0 unspecified atom stereocenters. The molecule has 2 aromatic carbocycles. The molecule has 0 atom stereocenters. The Morgan fingerprint density at radius 3 is 2.55 bits per heavy atom. The van der Waals surface area contributed by atoms with Gasteiger partial charge in [0.1, 0.15) is 5.82 Å². The highest BCUT2D eigenvalue weighted by Crippen LogP contribution is 2.28. The first-order chi connectivity index (χ1) is 14.6. The Balaban J connectivity index is 1.87. The molecule has 1 heterocycles. The Bertz CT molecular complexity index is 1060. The third kappa shape index (κ3) is 6.55. The second-order valence-corrected chi connectivity index (χ2v) is 9.97. The summed E-state index contributed by atoms with van der Waals surface area (Å²) in [7, 11) is 0. The highest BCUT2D eigenvalue weighted by Gasteiger charge is 2.19. The van der Waals surface area contributed by atoms with Crippen LogP contribution in [0.25, 0.3) is 5.69 Å². The molecule has 3 rings (SSSR count). The van der Waals surface area contributed by atoms with Crippen molar-refractivity contribution in [2.24, 2.45) is 5.41 Å². The van der Waals surface area contributed by atoms with Gasteiger partial charge in [0.15, 0.2) is 11.0 Å². The number of carbonyl (C=O) groups is 1.